The molecule has 2 N–H and O–H groups in total. The zero-order valence-electron chi connectivity index (χ0n) is 19.8. The topological polar surface area (TPSA) is 98.1 Å². The number of benzene rings is 2. The molecule has 1 atom stereocenters. The Morgan fingerprint density at radius 1 is 1.15 bits per heavy atom. The second-order valence-corrected chi connectivity index (χ2v) is 9.52. The second-order valence-electron chi connectivity index (χ2n) is 8.14. The summed E-state index contributed by atoms with van der Waals surface area (Å²) in [6.45, 7) is 5.99. The van der Waals surface area contributed by atoms with Gasteiger partial charge in [-0.1, -0.05) is 54.9 Å². The van der Waals surface area contributed by atoms with Crippen molar-refractivity contribution < 1.29 is 14.3 Å². The molecule has 180 valence electrons. The van der Waals surface area contributed by atoms with E-state index in [1.807, 2.05) is 40.0 Å². The van der Waals surface area contributed by atoms with Gasteiger partial charge in [0.05, 0.1) is 24.6 Å². The number of ether oxygens (including phenoxy) is 1. The largest absolute Gasteiger partial charge is 0.495 e. The van der Waals surface area contributed by atoms with Gasteiger partial charge in [0, 0.05) is 17.6 Å². The maximum Gasteiger partial charge on any atom is 0.251 e. The molecular weight excluding hydrogens is 474 g/mol. The van der Waals surface area contributed by atoms with Gasteiger partial charge in [0.25, 0.3) is 5.91 Å². The van der Waals surface area contributed by atoms with E-state index in [0.29, 0.717) is 33.0 Å². The van der Waals surface area contributed by atoms with Crippen LogP contribution in [0.25, 0.3) is 0 Å². The Labute approximate surface area is 208 Å². The normalized spacial score (nSPS) is 11.9. The summed E-state index contributed by atoms with van der Waals surface area (Å²) in [6.07, 6.45) is 0. The zero-order valence-corrected chi connectivity index (χ0v) is 21.3. The van der Waals surface area contributed by atoms with Crippen molar-refractivity contribution in [2.45, 2.75) is 32.0 Å². The summed E-state index contributed by atoms with van der Waals surface area (Å²) in [6, 6.07) is 12.1. The predicted octanol–water partition coefficient (Wildman–Crippen LogP) is 4.64. The third-order valence-corrected chi connectivity index (χ3v) is 6.44. The molecule has 0 spiro atoms. The molecule has 10 heteroatoms. The van der Waals surface area contributed by atoms with Gasteiger partial charge in [-0.05, 0) is 43.2 Å². The number of carbonyl (C=O) groups is 2. The van der Waals surface area contributed by atoms with Crippen LogP contribution in [0.2, 0.25) is 5.02 Å². The van der Waals surface area contributed by atoms with Crippen LogP contribution in [0.3, 0.4) is 0 Å². The minimum Gasteiger partial charge on any atom is -0.495 e. The SMILES string of the molecule is COc1ccc(Cl)cc1NC(=O)CSc1nnc([C@@H](NC(=O)c2ccc(C)cc2)C(C)C)n1C. The molecule has 1 aromatic heterocycles. The quantitative estimate of drug-likeness (QED) is 0.414. The van der Waals surface area contributed by atoms with Gasteiger partial charge < -0.3 is 19.9 Å². The molecule has 0 radical (unpaired) electrons. The number of thioether (sulfide) groups is 1. The smallest absolute Gasteiger partial charge is 0.251 e. The fourth-order valence-corrected chi connectivity index (χ4v) is 4.17. The number of aromatic nitrogens is 3. The molecular formula is C24H28ClN5O3S. The van der Waals surface area contributed by atoms with Crippen LogP contribution in [0, 0.1) is 12.8 Å². The molecule has 0 bridgehead atoms. The molecule has 0 saturated heterocycles. The fourth-order valence-electron chi connectivity index (χ4n) is 3.28. The third-order valence-electron chi connectivity index (χ3n) is 5.18. The lowest BCUT2D eigenvalue weighted by Crippen LogP contribution is -2.33. The molecule has 3 rings (SSSR count). The van der Waals surface area contributed by atoms with Gasteiger partial charge in [-0.3, -0.25) is 9.59 Å². The van der Waals surface area contributed by atoms with Crippen LogP contribution < -0.4 is 15.4 Å². The van der Waals surface area contributed by atoms with Gasteiger partial charge in [0.1, 0.15) is 5.75 Å². The van der Waals surface area contributed by atoms with Crippen LogP contribution in [0.4, 0.5) is 5.69 Å². The van der Waals surface area contributed by atoms with Crippen LogP contribution in [0.1, 0.15) is 41.6 Å². The average molecular weight is 502 g/mol. The summed E-state index contributed by atoms with van der Waals surface area (Å²) in [5.74, 6) is 0.925. The first-order valence-corrected chi connectivity index (χ1v) is 12.1. The van der Waals surface area contributed by atoms with Gasteiger partial charge in [-0.15, -0.1) is 10.2 Å². The Hall–Kier alpha value is -3.04. The molecule has 8 nitrogen and oxygen atoms in total. The lowest BCUT2D eigenvalue weighted by molar-refractivity contribution is -0.113. The molecule has 3 aromatic rings. The van der Waals surface area contributed by atoms with Crippen molar-refractivity contribution in [1.29, 1.82) is 0 Å². The summed E-state index contributed by atoms with van der Waals surface area (Å²) in [4.78, 5) is 25.3. The van der Waals surface area contributed by atoms with E-state index in [0.717, 1.165) is 5.56 Å². The Morgan fingerprint density at radius 2 is 1.85 bits per heavy atom. The Balaban J connectivity index is 1.67. The number of hydrogen-bond acceptors (Lipinski definition) is 6. The van der Waals surface area contributed by atoms with E-state index in [1.54, 1.807) is 34.9 Å². The van der Waals surface area contributed by atoms with Crippen LogP contribution in [0.15, 0.2) is 47.6 Å². The number of carbonyl (C=O) groups excluding carboxylic acids is 2. The highest BCUT2D eigenvalue weighted by atomic mass is 35.5. The number of nitrogens with zero attached hydrogens (tertiary/aromatic N) is 3. The summed E-state index contributed by atoms with van der Waals surface area (Å²) >= 11 is 7.28. The lowest BCUT2D eigenvalue weighted by atomic mass is 10.0. The molecule has 34 heavy (non-hydrogen) atoms. The van der Waals surface area contributed by atoms with Crippen molar-refractivity contribution in [3.05, 3.63) is 64.4 Å². The predicted molar refractivity (Wildman–Crippen MR) is 135 cm³/mol. The van der Waals surface area contributed by atoms with Crippen molar-refractivity contribution in [2.24, 2.45) is 13.0 Å². The highest BCUT2D eigenvalue weighted by Gasteiger charge is 2.25. The van der Waals surface area contributed by atoms with Crippen molar-refractivity contribution in [3.63, 3.8) is 0 Å². The second kappa shape index (κ2) is 11.4. The minimum atomic E-state index is -0.342. The molecule has 1 heterocycles. The van der Waals surface area contributed by atoms with E-state index in [1.165, 1.54) is 18.9 Å². The van der Waals surface area contributed by atoms with Crippen molar-refractivity contribution in [2.75, 3.05) is 18.2 Å². The number of anilines is 1. The van der Waals surface area contributed by atoms with Crippen LogP contribution in [-0.4, -0.2) is 39.4 Å². The van der Waals surface area contributed by atoms with Crippen molar-refractivity contribution in [1.82, 2.24) is 20.1 Å². The number of nitrogens with one attached hydrogen (secondary N) is 2. The van der Waals surface area contributed by atoms with Gasteiger partial charge in [0.15, 0.2) is 11.0 Å². The van der Waals surface area contributed by atoms with Gasteiger partial charge >= 0.3 is 0 Å². The molecule has 0 unspecified atom stereocenters. The molecule has 0 aliphatic heterocycles. The first-order valence-electron chi connectivity index (χ1n) is 10.7. The Bertz CT molecular complexity index is 1160. The van der Waals surface area contributed by atoms with E-state index in [2.05, 4.69) is 20.8 Å². The molecule has 2 aromatic carbocycles. The van der Waals surface area contributed by atoms with E-state index >= 15 is 0 Å². The van der Waals surface area contributed by atoms with Gasteiger partial charge in [0.2, 0.25) is 5.91 Å². The van der Waals surface area contributed by atoms with Crippen LogP contribution >= 0.6 is 23.4 Å². The maximum absolute atomic E-state index is 12.8. The fraction of sp³-hybridized carbons (Fsp3) is 0.333. The number of amides is 2. The summed E-state index contributed by atoms with van der Waals surface area (Å²) in [5.41, 5.74) is 2.17. The highest BCUT2D eigenvalue weighted by Crippen LogP contribution is 2.28. The zero-order chi connectivity index (χ0) is 24.8. The van der Waals surface area contributed by atoms with Gasteiger partial charge in [-0.25, -0.2) is 0 Å². The van der Waals surface area contributed by atoms with Crippen LogP contribution in [-0.2, 0) is 11.8 Å². The van der Waals surface area contributed by atoms with E-state index in [-0.39, 0.29) is 29.5 Å². The number of halogens is 1. The number of aryl methyl sites for hydroxylation is 1. The Kier molecular flexibility index (Phi) is 8.57. The maximum atomic E-state index is 12.8. The third kappa shape index (κ3) is 6.30. The summed E-state index contributed by atoms with van der Waals surface area (Å²) < 4.78 is 7.07. The summed E-state index contributed by atoms with van der Waals surface area (Å²) in [7, 11) is 3.35. The monoisotopic (exact) mass is 501 g/mol. The minimum absolute atomic E-state index is 0.0775. The first-order chi connectivity index (χ1) is 16.2. The lowest BCUT2D eigenvalue weighted by Gasteiger charge is -2.21. The van der Waals surface area contributed by atoms with E-state index in [4.69, 9.17) is 16.3 Å². The van der Waals surface area contributed by atoms with E-state index in [9.17, 15) is 9.59 Å². The number of rotatable bonds is 9. The molecule has 0 aliphatic rings. The standard InChI is InChI=1S/C24H28ClN5O3S/c1-14(2)21(27-23(32)16-8-6-15(3)7-9-16)22-28-29-24(30(22)4)34-13-20(31)26-18-12-17(25)10-11-19(18)33-5/h6-12,14,21H,13H2,1-5H3,(H,26,31)(H,27,32)/t21-/m0/s1. The molecule has 0 aliphatic carbocycles. The summed E-state index contributed by atoms with van der Waals surface area (Å²) in [5, 5.41) is 15.5. The highest BCUT2D eigenvalue weighted by molar-refractivity contribution is 7.99. The van der Waals surface area contributed by atoms with Crippen molar-refractivity contribution >= 4 is 40.9 Å². The molecule has 2 amide bonds. The first kappa shape index (κ1) is 25.6. The van der Waals surface area contributed by atoms with Gasteiger partial charge in [-0.2, -0.15) is 0 Å². The number of hydrogen-bond donors (Lipinski definition) is 2. The van der Waals surface area contributed by atoms with Crippen molar-refractivity contribution in [3.8, 4) is 5.75 Å². The molecule has 0 saturated carbocycles. The van der Waals surface area contributed by atoms with E-state index < -0.39 is 0 Å². The average Bonchev–Trinajstić information content (AvgIpc) is 3.16. The van der Waals surface area contributed by atoms with Crippen LogP contribution in [0.5, 0.6) is 5.75 Å². The Morgan fingerprint density at radius 3 is 2.50 bits per heavy atom. The molecule has 0 fully saturated rings. The number of methoxy groups -OCH3 is 1.